The molecule has 11 heteroatoms. The first-order valence-electron chi connectivity index (χ1n) is 12.1. The van der Waals surface area contributed by atoms with Crippen LogP contribution in [0.5, 0.6) is 0 Å². The lowest BCUT2D eigenvalue weighted by Crippen LogP contribution is -2.55. The smallest absolute Gasteiger partial charge is 0.357 e. The van der Waals surface area contributed by atoms with E-state index in [1.54, 1.807) is 6.07 Å². The molecule has 2 heterocycles. The number of alkyl halides is 3. The summed E-state index contributed by atoms with van der Waals surface area (Å²) in [4.78, 5) is 22.6. The normalized spacial score (nSPS) is 21.1. The Bertz CT molecular complexity index is 1140. The van der Waals surface area contributed by atoms with E-state index in [4.69, 9.17) is 5.26 Å². The number of hydrogen-bond acceptors (Lipinski definition) is 6. The molecule has 1 aromatic heterocycles. The molecule has 2 aromatic rings. The highest BCUT2D eigenvalue weighted by Crippen LogP contribution is 2.38. The van der Waals surface area contributed by atoms with Crippen molar-refractivity contribution in [2.24, 2.45) is 5.92 Å². The molecule has 36 heavy (non-hydrogen) atoms. The van der Waals surface area contributed by atoms with Gasteiger partial charge in [-0.1, -0.05) is 25.3 Å². The summed E-state index contributed by atoms with van der Waals surface area (Å²) in [5.74, 6) is -1.56. The number of carbonyl (C=O) groups excluding carboxylic acids is 1. The van der Waals surface area contributed by atoms with Crippen molar-refractivity contribution in [3.8, 4) is 17.3 Å². The van der Waals surface area contributed by atoms with Gasteiger partial charge in [0.1, 0.15) is 23.7 Å². The van der Waals surface area contributed by atoms with Crippen LogP contribution in [0.25, 0.3) is 11.3 Å². The van der Waals surface area contributed by atoms with Crippen LogP contribution in [-0.2, 0) is 4.79 Å². The maximum atomic E-state index is 14.2. The fraction of sp³-hybridized carbons (Fsp3) is 0.520. The zero-order valence-corrected chi connectivity index (χ0v) is 19.9. The number of aromatic nitrogens is 2. The van der Waals surface area contributed by atoms with Crippen molar-refractivity contribution in [2.45, 2.75) is 63.2 Å². The molecular weight excluding hydrogens is 476 g/mol. The average Bonchev–Trinajstić information content (AvgIpc) is 2.88. The van der Waals surface area contributed by atoms with Gasteiger partial charge >= 0.3 is 6.18 Å². The molecule has 1 saturated heterocycles. The van der Waals surface area contributed by atoms with Gasteiger partial charge in [-0.05, 0) is 37.8 Å². The van der Waals surface area contributed by atoms with E-state index in [0.29, 0.717) is 5.56 Å². The second kappa shape index (κ2) is 10.7. The average molecular weight is 505 g/mol. The lowest BCUT2D eigenvalue weighted by molar-refractivity contribution is -0.156. The first-order valence-corrected chi connectivity index (χ1v) is 12.1. The van der Waals surface area contributed by atoms with Gasteiger partial charge in [-0.3, -0.25) is 4.79 Å². The number of nitrogens with zero attached hydrogens (tertiary/aromatic N) is 4. The van der Waals surface area contributed by atoms with Gasteiger partial charge in [0.15, 0.2) is 0 Å². The molecule has 1 aliphatic carbocycles. The quantitative estimate of drug-likeness (QED) is 0.569. The predicted octanol–water partition coefficient (Wildman–Crippen LogP) is 4.79. The SMILES string of the molecule is CNc1nc(-c2ccc(C#N)c(F)c2)cc(N2C[C@@H](C(=O)NC3CCCCC3)CC[C@H]2C(F)(F)F)n1. The molecule has 1 aliphatic heterocycles. The predicted molar refractivity (Wildman–Crippen MR) is 127 cm³/mol. The molecule has 0 unspecified atom stereocenters. The summed E-state index contributed by atoms with van der Waals surface area (Å²) in [7, 11) is 1.53. The fourth-order valence-corrected chi connectivity index (χ4v) is 4.95. The Morgan fingerprint density at radius 2 is 1.86 bits per heavy atom. The molecule has 7 nitrogen and oxygen atoms in total. The largest absolute Gasteiger partial charge is 0.408 e. The molecular formula is C25H28F4N6O. The molecule has 2 N–H and O–H groups in total. The third kappa shape index (κ3) is 5.69. The van der Waals surface area contributed by atoms with E-state index in [9.17, 15) is 22.4 Å². The van der Waals surface area contributed by atoms with Gasteiger partial charge in [0.25, 0.3) is 0 Å². The molecule has 1 amide bonds. The van der Waals surface area contributed by atoms with Crippen molar-refractivity contribution in [1.29, 1.82) is 5.26 Å². The topological polar surface area (TPSA) is 93.9 Å². The molecule has 0 spiro atoms. The summed E-state index contributed by atoms with van der Waals surface area (Å²) in [6.45, 7) is -0.149. The van der Waals surface area contributed by atoms with Crippen LogP contribution in [0.15, 0.2) is 24.3 Å². The van der Waals surface area contributed by atoms with Crippen molar-refractivity contribution in [1.82, 2.24) is 15.3 Å². The fourth-order valence-electron chi connectivity index (χ4n) is 4.95. The van der Waals surface area contributed by atoms with E-state index in [2.05, 4.69) is 20.6 Å². The Labute approximate surface area is 206 Å². The Hall–Kier alpha value is -3.42. The van der Waals surface area contributed by atoms with E-state index in [1.807, 2.05) is 0 Å². The van der Waals surface area contributed by atoms with Gasteiger partial charge in [-0.25, -0.2) is 9.37 Å². The van der Waals surface area contributed by atoms with Crippen LogP contribution in [0.1, 0.15) is 50.5 Å². The summed E-state index contributed by atoms with van der Waals surface area (Å²) in [5, 5.41) is 14.8. The molecule has 2 atom stereocenters. The molecule has 0 radical (unpaired) electrons. The van der Waals surface area contributed by atoms with Crippen molar-refractivity contribution >= 4 is 17.7 Å². The lowest BCUT2D eigenvalue weighted by atomic mass is 9.90. The number of piperidine rings is 1. The molecule has 4 rings (SSSR count). The highest BCUT2D eigenvalue weighted by molar-refractivity contribution is 5.80. The maximum Gasteiger partial charge on any atom is 0.408 e. The number of halogens is 4. The van der Waals surface area contributed by atoms with Gasteiger partial charge in [0, 0.05) is 31.3 Å². The number of hydrogen-bond donors (Lipinski definition) is 2. The summed E-state index contributed by atoms with van der Waals surface area (Å²) >= 11 is 0. The van der Waals surface area contributed by atoms with Crippen LogP contribution in [0.2, 0.25) is 0 Å². The summed E-state index contributed by atoms with van der Waals surface area (Å²) in [6, 6.07) is 5.22. The highest BCUT2D eigenvalue weighted by atomic mass is 19.4. The molecule has 0 bridgehead atoms. The molecule has 192 valence electrons. The van der Waals surface area contributed by atoms with Crippen molar-refractivity contribution in [2.75, 3.05) is 23.8 Å². The standard InChI is InChI=1S/C25H28F4N6O/c1-31-24-33-20(15-7-8-16(13-30)19(26)11-15)12-22(34-24)35-14-17(9-10-21(35)25(27,28)29)23(36)32-18-5-3-2-4-6-18/h7-8,11-12,17-18,21H,2-6,9-10,14H2,1H3,(H,32,36)(H,31,33,34)/t17-,21-/m0/s1. The van der Waals surface area contributed by atoms with Gasteiger partial charge in [0.2, 0.25) is 11.9 Å². The number of nitriles is 1. The Morgan fingerprint density at radius 1 is 1.11 bits per heavy atom. The first kappa shape index (κ1) is 25.7. The Balaban J connectivity index is 1.66. The third-order valence-corrected chi connectivity index (χ3v) is 6.90. The maximum absolute atomic E-state index is 14.2. The van der Waals surface area contributed by atoms with Gasteiger partial charge in [0.05, 0.1) is 17.2 Å². The molecule has 1 saturated carbocycles. The van der Waals surface area contributed by atoms with Crippen LogP contribution in [0.4, 0.5) is 29.3 Å². The minimum absolute atomic E-state index is 0.00777. The number of anilines is 2. The van der Waals surface area contributed by atoms with Gasteiger partial charge in [-0.2, -0.15) is 23.4 Å². The third-order valence-electron chi connectivity index (χ3n) is 6.90. The van der Waals surface area contributed by atoms with Crippen LogP contribution >= 0.6 is 0 Å². The number of amides is 1. The minimum atomic E-state index is -4.53. The second-order valence-electron chi connectivity index (χ2n) is 9.32. The van der Waals surface area contributed by atoms with E-state index >= 15 is 0 Å². The number of nitrogens with one attached hydrogen (secondary N) is 2. The van der Waals surface area contributed by atoms with E-state index in [0.717, 1.165) is 43.1 Å². The van der Waals surface area contributed by atoms with Crippen molar-refractivity contribution in [3.63, 3.8) is 0 Å². The highest BCUT2D eigenvalue weighted by Gasteiger charge is 2.48. The minimum Gasteiger partial charge on any atom is -0.357 e. The number of benzene rings is 1. The van der Waals surface area contributed by atoms with E-state index in [1.165, 1.54) is 25.2 Å². The van der Waals surface area contributed by atoms with Crippen LogP contribution < -0.4 is 15.5 Å². The summed E-state index contributed by atoms with van der Waals surface area (Å²) < 4.78 is 56.4. The van der Waals surface area contributed by atoms with E-state index < -0.39 is 24.0 Å². The second-order valence-corrected chi connectivity index (χ2v) is 9.32. The molecule has 2 aliphatic rings. The van der Waals surface area contributed by atoms with Crippen LogP contribution in [-0.4, -0.2) is 47.7 Å². The number of carbonyl (C=O) groups is 1. The van der Waals surface area contributed by atoms with Crippen LogP contribution in [0, 0.1) is 23.1 Å². The van der Waals surface area contributed by atoms with Gasteiger partial charge < -0.3 is 15.5 Å². The van der Waals surface area contributed by atoms with E-state index in [-0.39, 0.29) is 54.4 Å². The van der Waals surface area contributed by atoms with Crippen molar-refractivity contribution in [3.05, 3.63) is 35.6 Å². The Kier molecular flexibility index (Phi) is 7.62. The zero-order chi connectivity index (χ0) is 25.9. The van der Waals surface area contributed by atoms with Crippen LogP contribution in [0.3, 0.4) is 0 Å². The molecule has 2 fully saturated rings. The molecule has 1 aromatic carbocycles. The van der Waals surface area contributed by atoms with Crippen molar-refractivity contribution < 1.29 is 22.4 Å². The Morgan fingerprint density at radius 3 is 2.50 bits per heavy atom. The lowest BCUT2D eigenvalue weighted by Gasteiger charge is -2.41. The first-order chi connectivity index (χ1) is 17.2. The summed E-state index contributed by atoms with van der Waals surface area (Å²) in [5.41, 5.74) is 0.336. The van der Waals surface area contributed by atoms with Gasteiger partial charge in [-0.15, -0.1) is 0 Å². The summed E-state index contributed by atoms with van der Waals surface area (Å²) in [6.07, 6.45) is 0.308. The monoisotopic (exact) mass is 504 g/mol. The number of rotatable bonds is 5. The zero-order valence-electron chi connectivity index (χ0n) is 19.9.